The van der Waals surface area contributed by atoms with Crippen LogP contribution in [0.4, 0.5) is 5.69 Å². The van der Waals surface area contributed by atoms with Crippen LogP contribution in [-0.2, 0) is 35.2 Å². The molecule has 272 valence electrons. The number of carboxylic acids is 1. The number of hydroxylamine groups is 1. The van der Waals surface area contributed by atoms with Gasteiger partial charge in [0.05, 0.1) is 39.5 Å². The number of nitrogens with one attached hydrogen (secondary N) is 3. The molecule has 1 aliphatic rings. The molecule has 1 aromatic heterocycles. The summed E-state index contributed by atoms with van der Waals surface area (Å²) in [4.78, 5) is 77.0. The summed E-state index contributed by atoms with van der Waals surface area (Å²) >= 11 is 12.2. The van der Waals surface area contributed by atoms with E-state index in [9.17, 15) is 29.1 Å². The highest BCUT2D eigenvalue weighted by molar-refractivity contribution is 6.39. The topological polar surface area (TPSA) is 167 Å². The van der Waals surface area contributed by atoms with Gasteiger partial charge in [-0.2, -0.15) is 0 Å². The predicted octanol–water partition coefficient (Wildman–Crippen LogP) is 6.03. The molecule has 0 aliphatic carbocycles. The zero-order valence-electron chi connectivity index (χ0n) is 28.7. The Hall–Kier alpha value is -5.17. The van der Waals surface area contributed by atoms with Crippen molar-refractivity contribution in [3.05, 3.63) is 112 Å². The molecular weight excluding hydrogens is 711 g/mol. The zero-order valence-corrected chi connectivity index (χ0v) is 30.2. The lowest BCUT2D eigenvalue weighted by atomic mass is 9.89. The Morgan fingerprint density at radius 2 is 1.63 bits per heavy atom. The number of halogens is 2. The molecule has 0 saturated carbocycles. The number of anilines is 1. The number of para-hydroxylation sites is 1. The molecule has 1 unspecified atom stereocenters. The summed E-state index contributed by atoms with van der Waals surface area (Å²) in [5, 5.41) is 13.0. The predicted molar refractivity (Wildman–Crippen MR) is 196 cm³/mol. The fourth-order valence-corrected chi connectivity index (χ4v) is 6.70. The maximum Gasteiger partial charge on any atom is 0.341 e. The lowest BCUT2D eigenvalue weighted by Gasteiger charge is -2.34. The summed E-state index contributed by atoms with van der Waals surface area (Å²) in [7, 11) is 0. The van der Waals surface area contributed by atoms with Gasteiger partial charge in [0.15, 0.2) is 18.0 Å². The number of aromatic amines is 1. The van der Waals surface area contributed by atoms with Crippen LogP contribution in [0.25, 0.3) is 10.9 Å². The second-order valence-corrected chi connectivity index (χ2v) is 13.5. The first kappa shape index (κ1) is 38.1. The van der Waals surface area contributed by atoms with Gasteiger partial charge in [-0.05, 0) is 35.8 Å². The van der Waals surface area contributed by atoms with Crippen molar-refractivity contribution in [1.82, 2.24) is 15.8 Å². The van der Waals surface area contributed by atoms with E-state index in [4.69, 9.17) is 32.8 Å². The SMILES string of the molecule is CCC(=O)N(c1c[nH]c2ccccc12)[C@H](C1=CC(Cc2ccccc2)(C(=O)N[C@@H](CC(=O)O)C(=O)COC(=O)c2c(Cl)cccc2Cl)ON1)C(C)C. The van der Waals surface area contributed by atoms with Gasteiger partial charge in [0.25, 0.3) is 5.91 Å². The number of benzene rings is 3. The number of carbonyl (C=O) groups excluding carboxylic acids is 4. The minimum atomic E-state index is -1.80. The van der Waals surface area contributed by atoms with Crippen LogP contribution in [-0.4, -0.2) is 63.9 Å². The van der Waals surface area contributed by atoms with Crippen LogP contribution >= 0.6 is 23.2 Å². The highest BCUT2D eigenvalue weighted by atomic mass is 35.5. The van der Waals surface area contributed by atoms with E-state index in [2.05, 4.69) is 15.8 Å². The second-order valence-electron chi connectivity index (χ2n) is 12.6. The van der Waals surface area contributed by atoms with Crippen molar-refractivity contribution < 1.29 is 38.7 Å². The first-order valence-electron chi connectivity index (χ1n) is 16.6. The van der Waals surface area contributed by atoms with Crippen molar-refractivity contribution >= 4 is 69.3 Å². The van der Waals surface area contributed by atoms with Crippen molar-refractivity contribution in [3.8, 4) is 0 Å². The fourth-order valence-electron chi connectivity index (χ4n) is 6.15. The standard InChI is InChI=1S/C38H38Cl2N4O8/c1-4-32(46)44(30-20-41-27-16-9-8-13-24(27)30)35(22(2)3)29-19-38(52-43-29,18-23-11-6-5-7-12-23)37(50)42-28(17-33(47)48)31(45)21-51-36(49)34-25(39)14-10-15-26(34)40/h5-16,19-20,22,28,35,41,43H,4,17-18,21H2,1-3H3,(H,42,50)(H,47,48)/t28-,35-,38?/m0/s1. The van der Waals surface area contributed by atoms with Gasteiger partial charge in [-0.1, -0.05) is 98.6 Å². The minimum Gasteiger partial charge on any atom is -0.481 e. The number of ketones is 1. The summed E-state index contributed by atoms with van der Waals surface area (Å²) in [6.07, 6.45) is 2.70. The molecule has 3 atom stereocenters. The maximum atomic E-state index is 14.3. The number of nitrogens with zero attached hydrogens (tertiary/aromatic N) is 1. The number of rotatable bonds is 15. The molecule has 4 aromatic rings. The number of aliphatic carboxylic acids is 1. The van der Waals surface area contributed by atoms with Crippen molar-refractivity contribution in [3.63, 3.8) is 0 Å². The van der Waals surface area contributed by atoms with E-state index in [0.29, 0.717) is 16.9 Å². The van der Waals surface area contributed by atoms with Crippen LogP contribution in [0.5, 0.6) is 0 Å². The van der Waals surface area contributed by atoms with Crippen LogP contribution in [0, 0.1) is 5.92 Å². The van der Waals surface area contributed by atoms with Crippen molar-refractivity contribution in [1.29, 1.82) is 0 Å². The number of aromatic nitrogens is 1. The Morgan fingerprint density at radius 1 is 0.962 bits per heavy atom. The Morgan fingerprint density at radius 3 is 2.29 bits per heavy atom. The molecule has 1 aliphatic heterocycles. The Labute approximate surface area is 310 Å². The third-order valence-corrected chi connectivity index (χ3v) is 9.28. The van der Waals surface area contributed by atoms with E-state index >= 15 is 0 Å². The molecule has 52 heavy (non-hydrogen) atoms. The Kier molecular flexibility index (Phi) is 12.0. The van der Waals surface area contributed by atoms with Crippen molar-refractivity contribution in [2.75, 3.05) is 11.5 Å². The van der Waals surface area contributed by atoms with E-state index in [1.165, 1.54) is 18.2 Å². The smallest absolute Gasteiger partial charge is 0.341 e. The van der Waals surface area contributed by atoms with E-state index in [1.54, 1.807) is 48.4 Å². The van der Waals surface area contributed by atoms with Crippen LogP contribution in [0.15, 0.2) is 90.8 Å². The Bertz CT molecular complexity index is 1990. The first-order chi connectivity index (χ1) is 24.8. The van der Waals surface area contributed by atoms with Gasteiger partial charge >= 0.3 is 11.9 Å². The number of carboxylic acid groups (broad SMARTS) is 1. The number of carbonyl (C=O) groups is 5. The van der Waals surface area contributed by atoms with Gasteiger partial charge in [-0.25, -0.2) is 4.79 Å². The number of amides is 2. The van der Waals surface area contributed by atoms with E-state index in [-0.39, 0.29) is 40.3 Å². The molecule has 4 N–H and O–H groups in total. The Balaban J connectivity index is 1.48. The molecule has 12 nitrogen and oxygen atoms in total. The lowest BCUT2D eigenvalue weighted by molar-refractivity contribution is -0.148. The number of hydrogen-bond donors (Lipinski definition) is 4. The van der Waals surface area contributed by atoms with E-state index < -0.39 is 54.3 Å². The summed E-state index contributed by atoms with van der Waals surface area (Å²) < 4.78 is 5.14. The van der Waals surface area contributed by atoms with Crippen LogP contribution in [0.3, 0.4) is 0 Å². The highest BCUT2D eigenvalue weighted by Crippen LogP contribution is 2.36. The van der Waals surface area contributed by atoms with Crippen LogP contribution in [0.1, 0.15) is 49.5 Å². The van der Waals surface area contributed by atoms with Gasteiger partial charge in [0.2, 0.25) is 5.91 Å². The number of hydrogen-bond acceptors (Lipinski definition) is 8. The number of fused-ring (bicyclic) bond motifs is 1. The average molecular weight is 750 g/mol. The van der Waals surface area contributed by atoms with Crippen LogP contribution < -0.4 is 15.7 Å². The molecule has 0 spiro atoms. The number of Topliss-reactive ketones (excluding diaryl/α,β-unsaturated/α-hetero) is 1. The van der Waals surface area contributed by atoms with Crippen molar-refractivity contribution in [2.45, 2.75) is 57.7 Å². The van der Waals surface area contributed by atoms with Gasteiger partial charge in [0, 0.05) is 29.9 Å². The first-order valence-corrected chi connectivity index (χ1v) is 17.4. The lowest BCUT2D eigenvalue weighted by Crippen LogP contribution is -2.54. The molecule has 5 rings (SSSR count). The number of ether oxygens (including phenoxy) is 1. The highest BCUT2D eigenvalue weighted by Gasteiger charge is 2.47. The van der Waals surface area contributed by atoms with Gasteiger partial charge < -0.3 is 25.0 Å². The monoisotopic (exact) mass is 748 g/mol. The minimum absolute atomic E-state index is 0.000243. The third kappa shape index (κ3) is 8.31. The fraction of sp³-hybridized carbons (Fsp3) is 0.289. The number of esters is 1. The molecule has 2 amide bonds. The van der Waals surface area contributed by atoms with E-state index in [0.717, 1.165) is 10.9 Å². The maximum absolute atomic E-state index is 14.3. The third-order valence-electron chi connectivity index (χ3n) is 8.65. The largest absolute Gasteiger partial charge is 0.481 e. The molecule has 3 aromatic carbocycles. The molecule has 14 heteroatoms. The van der Waals surface area contributed by atoms with Gasteiger partial charge in [-0.15, -0.1) is 0 Å². The normalized spacial score (nSPS) is 16.5. The molecule has 0 radical (unpaired) electrons. The summed E-state index contributed by atoms with van der Waals surface area (Å²) in [5.74, 6) is -4.47. The molecule has 2 heterocycles. The second kappa shape index (κ2) is 16.4. The zero-order chi connectivity index (χ0) is 37.6. The quantitative estimate of drug-likeness (QED) is 0.106. The molecule has 0 bridgehead atoms. The summed E-state index contributed by atoms with van der Waals surface area (Å²) in [6.45, 7) is 4.77. The molecular formula is C38H38Cl2N4O8. The number of H-pyrrole nitrogens is 1. The van der Waals surface area contributed by atoms with E-state index in [1.807, 2.05) is 44.2 Å². The van der Waals surface area contributed by atoms with Crippen LogP contribution in [0.2, 0.25) is 10.0 Å². The van der Waals surface area contributed by atoms with Gasteiger partial charge in [-0.3, -0.25) is 29.5 Å². The van der Waals surface area contributed by atoms with Crippen molar-refractivity contribution in [2.24, 2.45) is 5.92 Å². The molecule has 0 fully saturated rings. The summed E-state index contributed by atoms with van der Waals surface area (Å²) in [5.41, 5.74) is 3.55. The average Bonchev–Trinajstić information content (AvgIpc) is 3.74. The van der Waals surface area contributed by atoms with Gasteiger partial charge in [0.1, 0.15) is 6.04 Å². The molecule has 0 saturated heterocycles. The summed E-state index contributed by atoms with van der Waals surface area (Å²) in [6, 6.07) is 18.7.